The van der Waals surface area contributed by atoms with Crippen LogP contribution >= 0.6 is 0 Å². The molecule has 1 heterocycles. The maximum absolute atomic E-state index is 12.0. The number of carbonyl (C=O) groups is 1. The predicted molar refractivity (Wildman–Crippen MR) is 62.8 cm³/mol. The Morgan fingerprint density at radius 2 is 1.87 bits per heavy atom. The smallest absolute Gasteiger partial charge is 0.225 e. The summed E-state index contributed by atoms with van der Waals surface area (Å²) in [6.07, 6.45) is 4.64. The van der Waals surface area contributed by atoms with Gasteiger partial charge < -0.3 is 9.80 Å². The summed E-state index contributed by atoms with van der Waals surface area (Å²) in [7, 11) is 4.11. The van der Waals surface area contributed by atoms with Gasteiger partial charge in [-0.3, -0.25) is 4.79 Å². The summed E-state index contributed by atoms with van der Waals surface area (Å²) < 4.78 is 0. The molecule has 0 radical (unpaired) electrons. The zero-order valence-corrected chi connectivity index (χ0v) is 10.3. The Hall–Kier alpha value is -0.570. The zero-order chi connectivity index (χ0) is 11.3. The molecule has 1 aliphatic rings. The van der Waals surface area contributed by atoms with Gasteiger partial charge in [-0.05, 0) is 46.3 Å². The van der Waals surface area contributed by atoms with E-state index in [1.54, 1.807) is 0 Å². The molecule has 0 spiro atoms. The molecule has 0 bridgehead atoms. The van der Waals surface area contributed by atoms with Crippen LogP contribution in [0.5, 0.6) is 0 Å². The normalized spacial score (nSPS) is 19.3. The minimum atomic E-state index is 0.186. The van der Waals surface area contributed by atoms with Crippen molar-refractivity contribution in [1.82, 2.24) is 9.80 Å². The molecule has 3 nitrogen and oxygen atoms in total. The van der Waals surface area contributed by atoms with Gasteiger partial charge in [-0.25, -0.2) is 0 Å². The van der Waals surface area contributed by atoms with E-state index in [1.165, 1.54) is 19.3 Å². The van der Waals surface area contributed by atoms with Crippen LogP contribution in [0.1, 0.15) is 32.6 Å². The van der Waals surface area contributed by atoms with E-state index in [4.69, 9.17) is 0 Å². The van der Waals surface area contributed by atoms with Gasteiger partial charge in [0.2, 0.25) is 5.91 Å². The molecule has 3 heteroatoms. The van der Waals surface area contributed by atoms with Crippen LogP contribution in [0.4, 0.5) is 0 Å². The van der Waals surface area contributed by atoms with Crippen molar-refractivity contribution in [1.29, 1.82) is 0 Å². The molecule has 0 aromatic heterocycles. The third kappa shape index (κ3) is 4.20. The molecule has 1 rings (SSSR count). The minimum Gasteiger partial charge on any atom is -0.342 e. The standard InChI is InChI=1S/C12H24N2O/c1-11(7-10-13(2)3)12(15)14-8-5-4-6-9-14/h11H,4-10H2,1-3H3. The Balaban J connectivity index is 2.30. The number of hydrogen-bond acceptors (Lipinski definition) is 2. The zero-order valence-electron chi connectivity index (χ0n) is 10.3. The van der Waals surface area contributed by atoms with Crippen molar-refractivity contribution in [3.63, 3.8) is 0 Å². The molecule has 0 aromatic carbocycles. The fraction of sp³-hybridized carbons (Fsp3) is 0.917. The first-order valence-electron chi connectivity index (χ1n) is 6.05. The SMILES string of the molecule is CC(CCN(C)C)C(=O)N1CCCCC1. The predicted octanol–water partition coefficient (Wildman–Crippen LogP) is 1.59. The summed E-state index contributed by atoms with van der Waals surface area (Å²) >= 11 is 0. The lowest BCUT2D eigenvalue weighted by atomic mass is 10.0. The molecule has 1 saturated heterocycles. The first kappa shape index (κ1) is 12.5. The van der Waals surface area contributed by atoms with Crippen molar-refractivity contribution in [3.05, 3.63) is 0 Å². The van der Waals surface area contributed by atoms with Crippen molar-refractivity contribution < 1.29 is 4.79 Å². The Morgan fingerprint density at radius 3 is 2.40 bits per heavy atom. The maximum Gasteiger partial charge on any atom is 0.225 e. The van der Waals surface area contributed by atoms with E-state index >= 15 is 0 Å². The van der Waals surface area contributed by atoms with E-state index in [2.05, 4.69) is 25.9 Å². The van der Waals surface area contributed by atoms with Gasteiger partial charge in [-0.15, -0.1) is 0 Å². The first-order valence-corrected chi connectivity index (χ1v) is 6.05. The molecule has 0 saturated carbocycles. The fourth-order valence-electron chi connectivity index (χ4n) is 2.00. The molecule has 0 aromatic rings. The third-order valence-electron chi connectivity index (χ3n) is 3.10. The van der Waals surface area contributed by atoms with Gasteiger partial charge in [0, 0.05) is 19.0 Å². The molecule has 0 aliphatic carbocycles. The Labute approximate surface area is 93.4 Å². The van der Waals surface area contributed by atoms with Crippen LogP contribution in [0.2, 0.25) is 0 Å². The minimum absolute atomic E-state index is 0.186. The van der Waals surface area contributed by atoms with Crippen LogP contribution in [0, 0.1) is 5.92 Å². The van der Waals surface area contributed by atoms with E-state index in [1.807, 2.05) is 4.90 Å². The topological polar surface area (TPSA) is 23.6 Å². The summed E-state index contributed by atoms with van der Waals surface area (Å²) in [6.45, 7) is 5.01. The van der Waals surface area contributed by atoms with Crippen molar-refractivity contribution in [3.8, 4) is 0 Å². The summed E-state index contributed by atoms with van der Waals surface area (Å²) in [4.78, 5) is 16.2. The summed E-state index contributed by atoms with van der Waals surface area (Å²) in [5, 5.41) is 0. The molecular formula is C12H24N2O. The molecule has 1 aliphatic heterocycles. The molecule has 88 valence electrons. The highest BCUT2D eigenvalue weighted by molar-refractivity contribution is 5.78. The molecule has 1 unspecified atom stereocenters. The second-order valence-corrected chi connectivity index (χ2v) is 4.88. The average Bonchev–Trinajstić information content (AvgIpc) is 2.26. The largest absolute Gasteiger partial charge is 0.342 e. The van der Waals surface area contributed by atoms with Gasteiger partial charge in [0.15, 0.2) is 0 Å². The summed E-state index contributed by atoms with van der Waals surface area (Å²) in [5.74, 6) is 0.544. The molecule has 1 atom stereocenters. The van der Waals surface area contributed by atoms with Crippen LogP contribution in [0.25, 0.3) is 0 Å². The molecule has 15 heavy (non-hydrogen) atoms. The van der Waals surface area contributed by atoms with Gasteiger partial charge >= 0.3 is 0 Å². The van der Waals surface area contributed by atoms with E-state index in [-0.39, 0.29) is 5.92 Å². The number of amides is 1. The Bertz CT molecular complexity index is 198. The number of rotatable bonds is 4. The highest BCUT2D eigenvalue weighted by Gasteiger charge is 2.21. The second-order valence-electron chi connectivity index (χ2n) is 4.88. The van der Waals surface area contributed by atoms with Crippen LogP contribution in [0.3, 0.4) is 0 Å². The van der Waals surface area contributed by atoms with Crippen LogP contribution in [-0.2, 0) is 4.79 Å². The lowest BCUT2D eigenvalue weighted by Crippen LogP contribution is -2.39. The summed E-state index contributed by atoms with van der Waals surface area (Å²) in [5.41, 5.74) is 0. The highest BCUT2D eigenvalue weighted by Crippen LogP contribution is 2.14. The molecule has 1 fully saturated rings. The number of hydrogen-bond donors (Lipinski definition) is 0. The van der Waals surface area contributed by atoms with Gasteiger partial charge in [0.05, 0.1) is 0 Å². The second kappa shape index (κ2) is 6.11. The first-order chi connectivity index (χ1) is 7.11. The van der Waals surface area contributed by atoms with E-state index in [0.29, 0.717) is 5.91 Å². The fourth-order valence-corrected chi connectivity index (χ4v) is 2.00. The van der Waals surface area contributed by atoms with Crippen molar-refractivity contribution in [2.24, 2.45) is 5.92 Å². The monoisotopic (exact) mass is 212 g/mol. The molecule has 1 amide bonds. The summed E-state index contributed by atoms with van der Waals surface area (Å²) in [6, 6.07) is 0. The highest BCUT2D eigenvalue weighted by atomic mass is 16.2. The average molecular weight is 212 g/mol. The number of likely N-dealkylation sites (tertiary alicyclic amines) is 1. The number of carbonyl (C=O) groups excluding carboxylic acids is 1. The van der Waals surface area contributed by atoms with E-state index in [0.717, 1.165) is 26.1 Å². The van der Waals surface area contributed by atoms with Gasteiger partial charge in [0.25, 0.3) is 0 Å². The van der Waals surface area contributed by atoms with Crippen molar-refractivity contribution >= 4 is 5.91 Å². The Kier molecular flexibility index (Phi) is 5.09. The van der Waals surface area contributed by atoms with Gasteiger partial charge in [-0.2, -0.15) is 0 Å². The molecular weight excluding hydrogens is 188 g/mol. The maximum atomic E-state index is 12.0. The van der Waals surface area contributed by atoms with E-state index in [9.17, 15) is 4.79 Å². The number of nitrogens with zero attached hydrogens (tertiary/aromatic N) is 2. The van der Waals surface area contributed by atoms with Crippen LogP contribution in [0.15, 0.2) is 0 Å². The van der Waals surface area contributed by atoms with Crippen LogP contribution < -0.4 is 0 Å². The molecule has 0 N–H and O–H groups in total. The number of piperidine rings is 1. The Morgan fingerprint density at radius 1 is 1.27 bits per heavy atom. The van der Waals surface area contributed by atoms with Crippen LogP contribution in [-0.4, -0.2) is 49.4 Å². The van der Waals surface area contributed by atoms with E-state index < -0.39 is 0 Å². The van der Waals surface area contributed by atoms with Gasteiger partial charge in [-0.1, -0.05) is 6.92 Å². The van der Waals surface area contributed by atoms with Crippen molar-refractivity contribution in [2.45, 2.75) is 32.6 Å². The third-order valence-corrected chi connectivity index (χ3v) is 3.10. The quantitative estimate of drug-likeness (QED) is 0.706. The van der Waals surface area contributed by atoms with Crippen molar-refractivity contribution in [2.75, 3.05) is 33.7 Å². The van der Waals surface area contributed by atoms with Gasteiger partial charge in [0.1, 0.15) is 0 Å². The lowest BCUT2D eigenvalue weighted by molar-refractivity contribution is -0.136. The lowest BCUT2D eigenvalue weighted by Gasteiger charge is -2.29.